The average Bonchev–Trinajstić information content (AvgIpc) is 2.59. The molecule has 0 saturated carbocycles. The van der Waals surface area contributed by atoms with Crippen LogP contribution in [0, 0.1) is 0 Å². The van der Waals surface area contributed by atoms with Crippen LogP contribution in [0.4, 0.5) is 4.79 Å². The first-order chi connectivity index (χ1) is 11.2. The molecule has 0 radical (unpaired) electrons. The van der Waals surface area contributed by atoms with E-state index < -0.39 is 6.09 Å². The molecule has 2 aromatic rings. The molecule has 0 aliphatic carbocycles. The van der Waals surface area contributed by atoms with E-state index in [2.05, 4.69) is 5.32 Å². The normalized spacial score (nSPS) is 11.7. The van der Waals surface area contributed by atoms with E-state index >= 15 is 0 Å². The van der Waals surface area contributed by atoms with Crippen LogP contribution in [0.5, 0.6) is 5.75 Å². The maximum Gasteiger partial charge on any atom is 0.407 e. The predicted molar refractivity (Wildman–Crippen MR) is 87.1 cm³/mol. The highest BCUT2D eigenvalue weighted by atomic mass is 16.5. The zero-order valence-corrected chi connectivity index (χ0v) is 12.8. The summed E-state index contributed by atoms with van der Waals surface area (Å²) in [7, 11) is 0. The summed E-state index contributed by atoms with van der Waals surface area (Å²) in [4.78, 5) is 11.8. The smallest absolute Gasteiger partial charge is 0.407 e. The van der Waals surface area contributed by atoms with E-state index in [1.807, 2.05) is 42.5 Å². The van der Waals surface area contributed by atoms with Gasteiger partial charge in [-0.3, -0.25) is 0 Å². The molecule has 3 N–H and O–H groups in total. The maximum atomic E-state index is 11.8. The van der Waals surface area contributed by atoms with Crippen molar-refractivity contribution < 1.29 is 19.7 Å². The molecule has 2 aromatic carbocycles. The Hall–Kier alpha value is -2.53. The van der Waals surface area contributed by atoms with Crippen LogP contribution in [0.3, 0.4) is 0 Å². The summed E-state index contributed by atoms with van der Waals surface area (Å²) in [5.74, 6) is 0.218. The number of hydrogen-bond donors (Lipinski definition) is 3. The number of carbonyl (C=O) groups is 1. The van der Waals surface area contributed by atoms with Gasteiger partial charge in [0.25, 0.3) is 0 Å². The highest BCUT2D eigenvalue weighted by molar-refractivity contribution is 5.67. The molecule has 0 aliphatic rings. The summed E-state index contributed by atoms with van der Waals surface area (Å²) < 4.78 is 5.13. The number of benzene rings is 2. The SMILES string of the molecule is O=C(NC(CO)CCc1ccc(O)cc1)OCc1ccccc1. The fraction of sp³-hybridized carbons (Fsp3) is 0.278. The zero-order valence-electron chi connectivity index (χ0n) is 12.8. The highest BCUT2D eigenvalue weighted by Gasteiger charge is 2.12. The largest absolute Gasteiger partial charge is 0.508 e. The molecule has 23 heavy (non-hydrogen) atoms. The molecule has 0 saturated heterocycles. The van der Waals surface area contributed by atoms with Gasteiger partial charge >= 0.3 is 6.09 Å². The molecule has 2 rings (SSSR count). The number of aliphatic hydroxyl groups is 1. The Morgan fingerprint density at radius 3 is 2.39 bits per heavy atom. The molecule has 1 unspecified atom stereocenters. The third-order valence-corrected chi connectivity index (χ3v) is 3.47. The first-order valence-electron chi connectivity index (χ1n) is 7.53. The van der Waals surface area contributed by atoms with Gasteiger partial charge in [-0.1, -0.05) is 42.5 Å². The number of rotatable bonds is 7. The molecule has 0 fully saturated rings. The van der Waals surface area contributed by atoms with Gasteiger partial charge in [0, 0.05) is 0 Å². The van der Waals surface area contributed by atoms with Gasteiger partial charge in [0.1, 0.15) is 12.4 Å². The molecule has 5 heteroatoms. The average molecular weight is 315 g/mol. The van der Waals surface area contributed by atoms with E-state index in [1.54, 1.807) is 12.1 Å². The van der Waals surface area contributed by atoms with Crippen LogP contribution < -0.4 is 5.32 Å². The Kier molecular flexibility index (Phi) is 6.44. The van der Waals surface area contributed by atoms with Crippen LogP contribution in [-0.2, 0) is 17.8 Å². The molecule has 122 valence electrons. The van der Waals surface area contributed by atoms with Crippen molar-refractivity contribution in [2.24, 2.45) is 0 Å². The predicted octanol–water partition coefficient (Wildman–Crippen LogP) is 2.61. The second kappa shape index (κ2) is 8.80. The minimum atomic E-state index is -0.543. The second-order valence-electron chi connectivity index (χ2n) is 5.29. The summed E-state index contributed by atoms with van der Waals surface area (Å²) in [6.45, 7) is 0.0430. The lowest BCUT2D eigenvalue weighted by atomic mass is 10.1. The molecule has 0 bridgehead atoms. The van der Waals surface area contributed by atoms with Crippen molar-refractivity contribution in [3.8, 4) is 5.75 Å². The monoisotopic (exact) mass is 315 g/mol. The van der Waals surface area contributed by atoms with Gasteiger partial charge < -0.3 is 20.3 Å². The van der Waals surface area contributed by atoms with Gasteiger partial charge in [-0.25, -0.2) is 4.79 Å². The Labute approximate surface area is 135 Å². The molecular weight excluding hydrogens is 294 g/mol. The Balaban J connectivity index is 1.74. The van der Waals surface area contributed by atoms with Crippen molar-refractivity contribution in [1.82, 2.24) is 5.32 Å². The lowest BCUT2D eigenvalue weighted by molar-refractivity contribution is 0.128. The van der Waals surface area contributed by atoms with Gasteiger partial charge in [0.2, 0.25) is 0 Å². The highest BCUT2D eigenvalue weighted by Crippen LogP contribution is 2.12. The number of phenolic OH excluding ortho intramolecular Hbond substituents is 1. The number of hydrogen-bond acceptors (Lipinski definition) is 4. The molecule has 0 aliphatic heterocycles. The first-order valence-corrected chi connectivity index (χ1v) is 7.53. The third kappa shape index (κ3) is 6.00. The van der Waals surface area contributed by atoms with Gasteiger partial charge in [-0.05, 0) is 36.1 Å². The number of ether oxygens (including phenoxy) is 1. The van der Waals surface area contributed by atoms with Crippen molar-refractivity contribution >= 4 is 6.09 Å². The minimum Gasteiger partial charge on any atom is -0.508 e. The summed E-state index contributed by atoms with van der Waals surface area (Å²) >= 11 is 0. The lowest BCUT2D eigenvalue weighted by Gasteiger charge is -2.16. The summed E-state index contributed by atoms with van der Waals surface area (Å²) in [6.07, 6.45) is 0.727. The van der Waals surface area contributed by atoms with Crippen LogP contribution in [0.2, 0.25) is 0 Å². The van der Waals surface area contributed by atoms with Crippen LogP contribution >= 0.6 is 0 Å². The van der Waals surface area contributed by atoms with Crippen molar-refractivity contribution in [1.29, 1.82) is 0 Å². The quantitative estimate of drug-likeness (QED) is 0.734. The van der Waals surface area contributed by atoms with E-state index in [4.69, 9.17) is 4.74 Å². The van der Waals surface area contributed by atoms with E-state index in [1.165, 1.54) is 0 Å². The number of alkyl carbamates (subject to hydrolysis) is 1. The zero-order chi connectivity index (χ0) is 16.5. The molecule has 0 aromatic heterocycles. The molecular formula is C18H21NO4. The number of phenols is 1. The number of amides is 1. The number of nitrogens with one attached hydrogen (secondary N) is 1. The van der Waals surface area contributed by atoms with E-state index in [-0.39, 0.29) is 25.0 Å². The van der Waals surface area contributed by atoms with Crippen molar-refractivity contribution in [2.45, 2.75) is 25.5 Å². The van der Waals surface area contributed by atoms with Crippen LogP contribution in [0.1, 0.15) is 17.5 Å². The van der Waals surface area contributed by atoms with Crippen LogP contribution in [0.25, 0.3) is 0 Å². The minimum absolute atomic E-state index is 0.154. The fourth-order valence-corrected chi connectivity index (χ4v) is 2.14. The van der Waals surface area contributed by atoms with Crippen molar-refractivity contribution in [3.63, 3.8) is 0 Å². The lowest BCUT2D eigenvalue weighted by Crippen LogP contribution is -2.38. The molecule has 0 heterocycles. The van der Waals surface area contributed by atoms with Gasteiger partial charge in [-0.15, -0.1) is 0 Å². The number of aromatic hydroxyl groups is 1. The van der Waals surface area contributed by atoms with Crippen LogP contribution in [0.15, 0.2) is 54.6 Å². The topological polar surface area (TPSA) is 78.8 Å². The van der Waals surface area contributed by atoms with E-state index in [9.17, 15) is 15.0 Å². The number of carbonyl (C=O) groups excluding carboxylic acids is 1. The molecule has 5 nitrogen and oxygen atoms in total. The standard InChI is InChI=1S/C18H21NO4/c20-12-16(9-6-14-7-10-17(21)11-8-14)19-18(22)23-13-15-4-2-1-3-5-15/h1-5,7-8,10-11,16,20-21H,6,9,12-13H2,(H,19,22). The second-order valence-corrected chi connectivity index (χ2v) is 5.29. The van der Waals surface area contributed by atoms with E-state index in [0.29, 0.717) is 12.8 Å². The Morgan fingerprint density at radius 1 is 1.04 bits per heavy atom. The molecule has 1 amide bonds. The summed E-state index contributed by atoms with van der Waals surface area (Å²) in [5.41, 5.74) is 1.94. The number of aryl methyl sites for hydroxylation is 1. The number of aliphatic hydroxyl groups excluding tert-OH is 1. The molecule has 1 atom stereocenters. The summed E-state index contributed by atoms with van der Waals surface area (Å²) in [5, 5.41) is 21.3. The third-order valence-electron chi connectivity index (χ3n) is 3.47. The summed E-state index contributed by atoms with van der Waals surface area (Å²) in [6, 6.07) is 15.9. The van der Waals surface area contributed by atoms with Gasteiger partial charge in [0.05, 0.1) is 12.6 Å². The Morgan fingerprint density at radius 2 is 1.74 bits per heavy atom. The van der Waals surface area contributed by atoms with Gasteiger partial charge in [-0.2, -0.15) is 0 Å². The first kappa shape index (κ1) is 16.8. The maximum absolute atomic E-state index is 11.8. The Bertz CT molecular complexity index is 598. The van der Waals surface area contributed by atoms with Gasteiger partial charge in [0.15, 0.2) is 0 Å². The van der Waals surface area contributed by atoms with Crippen molar-refractivity contribution in [2.75, 3.05) is 6.61 Å². The molecule has 0 spiro atoms. The van der Waals surface area contributed by atoms with Crippen molar-refractivity contribution in [3.05, 3.63) is 65.7 Å². The van der Waals surface area contributed by atoms with Crippen LogP contribution in [-0.4, -0.2) is 29.0 Å². The van der Waals surface area contributed by atoms with E-state index in [0.717, 1.165) is 11.1 Å². The fourth-order valence-electron chi connectivity index (χ4n) is 2.14.